The fourth-order valence-corrected chi connectivity index (χ4v) is 1.96. The van der Waals surface area contributed by atoms with E-state index in [9.17, 15) is 0 Å². The SMILES string of the molecule is Cn1c(Br)cc2c1CCOC2. The molecule has 0 radical (unpaired) electrons. The largest absolute Gasteiger partial charge is 0.376 e. The third-order valence-corrected chi connectivity index (χ3v) is 2.89. The van der Waals surface area contributed by atoms with E-state index >= 15 is 0 Å². The second-order valence-electron chi connectivity index (χ2n) is 2.80. The van der Waals surface area contributed by atoms with E-state index in [1.165, 1.54) is 11.3 Å². The summed E-state index contributed by atoms with van der Waals surface area (Å²) < 4.78 is 8.65. The molecule has 0 aromatic carbocycles. The Balaban J connectivity index is 2.50. The minimum atomic E-state index is 0.773. The van der Waals surface area contributed by atoms with Crippen LogP contribution in [0, 0.1) is 0 Å². The van der Waals surface area contributed by atoms with Gasteiger partial charge in [-0.2, -0.15) is 0 Å². The number of nitrogens with zero attached hydrogens (tertiary/aromatic N) is 1. The summed E-state index contributed by atoms with van der Waals surface area (Å²) in [6.07, 6.45) is 1.04. The van der Waals surface area contributed by atoms with Crippen LogP contribution in [0.4, 0.5) is 0 Å². The predicted octanol–water partition coefficient (Wildman–Crippen LogP) is 1.86. The third-order valence-electron chi connectivity index (χ3n) is 2.13. The molecular weight excluding hydrogens is 206 g/mol. The van der Waals surface area contributed by atoms with Gasteiger partial charge in [0.05, 0.1) is 17.8 Å². The number of aromatic nitrogens is 1. The number of halogens is 1. The first-order valence-corrected chi connectivity index (χ1v) is 4.49. The molecule has 60 valence electrons. The standard InChI is InChI=1S/C8H10BrNO/c1-10-7-2-3-11-5-6(7)4-8(10)9/h4H,2-3,5H2,1H3. The van der Waals surface area contributed by atoms with Crippen LogP contribution in [0.15, 0.2) is 10.7 Å². The van der Waals surface area contributed by atoms with Gasteiger partial charge in [-0.3, -0.25) is 0 Å². The van der Waals surface area contributed by atoms with Gasteiger partial charge in [-0.1, -0.05) is 0 Å². The van der Waals surface area contributed by atoms with Crippen molar-refractivity contribution in [2.24, 2.45) is 7.05 Å². The van der Waals surface area contributed by atoms with Crippen molar-refractivity contribution in [3.63, 3.8) is 0 Å². The van der Waals surface area contributed by atoms with Crippen molar-refractivity contribution >= 4 is 15.9 Å². The van der Waals surface area contributed by atoms with Crippen molar-refractivity contribution in [3.8, 4) is 0 Å². The van der Waals surface area contributed by atoms with Crippen LogP contribution in [0.5, 0.6) is 0 Å². The van der Waals surface area contributed by atoms with Crippen LogP contribution < -0.4 is 0 Å². The van der Waals surface area contributed by atoms with Crippen molar-refractivity contribution in [1.82, 2.24) is 4.57 Å². The van der Waals surface area contributed by atoms with Gasteiger partial charge in [0.25, 0.3) is 0 Å². The van der Waals surface area contributed by atoms with Crippen LogP contribution in [0.2, 0.25) is 0 Å². The molecule has 1 aliphatic rings. The molecule has 2 heterocycles. The molecule has 0 saturated carbocycles. The minimum Gasteiger partial charge on any atom is -0.376 e. The molecule has 1 aromatic rings. The highest BCUT2D eigenvalue weighted by Crippen LogP contribution is 2.23. The predicted molar refractivity (Wildman–Crippen MR) is 46.5 cm³/mol. The Morgan fingerprint density at radius 3 is 3.18 bits per heavy atom. The average Bonchev–Trinajstić information content (AvgIpc) is 2.30. The number of hydrogen-bond acceptors (Lipinski definition) is 1. The van der Waals surface area contributed by atoms with Crippen molar-refractivity contribution < 1.29 is 4.74 Å². The summed E-state index contributed by atoms with van der Waals surface area (Å²) in [6, 6.07) is 2.13. The number of ether oxygens (including phenoxy) is 1. The fourth-order valence-electron chi connectivity index (χ4n) is 1.47. The molecule has 0 saturated heterocycles. The molecule has 0 spiro atoms. The number of hydrogen-bond donors (Lipinski definition) is 0. The lowest BCUT2D eigenvalue weighted by Gasteiger charge is -2.13. The molecule has 0 atom stereocenters. The molecule has 0 fully saturated rings. The molecule has 2 nitrogen and oxygen atoms in total. The maximum Gasteiger partial charge on any atom is 0.0849 e. The van der Waals surface area contributed by atoms with Gasteiger partial charge < -0.3 is 9.30 Å². The van der Waals surface area contributed by atoms with E-state index in [2.05, 4.69) is 33.6 Å². The lowest BCUT2D eigenvalue weighted by atomic mass is 10.2. The first kappa shape index (κ1) is 7.37. The van der Waals surface area contributed by atoms with Gasteiger partial charge in [0, 0.05) is 19.2 Å². The van der Waals surface area contributed by atoms with E-state index in [1.807, 2.05) is 0 Å². The maximum absolute atomic E-state index is 5.33. The highest BCUT2D eigenvalue weighted by atomic mass is 79.9. The zero-order valence-electron chi connectivity index (χ0n) is 6.43. The molecule has 0 aliphatic carbocycles. The summed E-state index contributed by atoms with van der Waals surface area (Å²) >= 11 is 3.48. The monoisotopic (exact) mass is 215 g/mol. The fraction of sp³-hybridized carbons (Fsp3) is 0.500. The van der Waals surface area contributed by atoms with Gasteiger partial charge in [-0.15, -0.1) is 0 Å². The molecule has 1 aliphatic heterocycles. The lowest BCUT2D eigenvalue weighted by Crippen LogP contribution is -2.11. The van der Waals surface area contributed by atoms with Crippen molar-refractivity contribution in [1.29, 1.82) is 0 Å². The first-order valence-electron chi connectivity index (χ1n) is 3.70. The molecule has 0 amide bonds. The molecule has 0 N–H and O–H groups in total. The summed E-state index contributed by atoms with van der Waals surface area (Å²) in [6.45, 7) is 1.63. The zero-order chi connectivity index (χ0) is 7.84. The van der Waals surface area contributed by atoms with Gasteiger partial charge in [0.1, 0.15) is 0 Å². The van der Waals surface area contributed by atoms with Crippen LogP contribution in [0.25, 0.3) is 0 Å². The quantitative estimate of drug-likeness (QED) is 0.645. The smallest absolute Gasteiger partial charge is 0.0849 e. The summed E-state index contributed by atoms with van der Waals surface area (Å²) in [4.78, 5) is 0. The first-order chi connectivity index (χ1) is 5.29. The molecule has 2 rings (SSSR count). The molecular formula is C8H10BrNO. The van der Waals surface area contributed by atoms with Crippen LogP contribution in [-0.4, -0.2) is 11.2 Å². The molecule has 0 bridgehead atoms. The Bertz CT molecular complexity index is 280. The Morgan fingerprint density at radius 2 is 2.45 bits per heavy atom. The van der Waals surface area contributed by atoms with E-state index < -0.39 is 0 Å². The van der Waals surface area contributed by atoms with E-state index in [1.54, 1.807) is 0 Å². The Labute approximate surface area is 74.3 Å². The van der Waals surface area contributed by atoms with Gasteiger partial charge in [0.15, 0.2) is 0 Å². The van der Waals surface area contributed by atoms with Crippen molar-refractivity contribution in [2.75, 3.05) is 6.61 Å². The summed E-state index contributed by atoms with van der Waals surface area (Å²) in [5.41, 5.74) is 2.73. The minimum absolute atomic E-state index is 0.773. The maximum atomic E-state index is 5.33. The molecule has 1 aromatic heterocycles. The third kappa shape index (κ3) is 1.12. The Kier molecular flexibility index (Phi) is 1.77. The molecule has 11 heavy (non-hydrogen) atoms. The van der Waals surface area contributed by atoms with E-state index in [-0.39, 0.29) is 0 Å². The van der Waals surface area contributed by atoms with E-state index in [0.717, 1.165) is 24.2 Å². The summed E-state index contributed by atoms with van der Waals surface area (Å²) in [5.74, 6) is 0. The Hall–Kier alpha value is -0.280. The van der Waals surface area contributed by atoms with Gasteiger partial charge >= 0.3 is 0 Å². The number of fused-ring (bicyclic) bond motifs is 1. The van der Waals surface area contributed by atoms with Gasteiger partial charge in [0.2, 0.25) is 0 Å². The lowest BCUT2D eigenvalue weighted by molar-refractivity contribution is 0.109. The highest BCUT2D eigenvalue weighted by Gasteiger charge is 2.14. The highest BCUT2D eigenvalue weighted by molar-refractivity contribution is 9.10. The van der Waals surface area contributed by atoms with Crippen molar-refractivity contribution in [3.05, 3.63) is 21.9 Å². The topological polar surface area (TPSA) is 14.2 Å². The van der Waals surface area contributed by atoms with Crippen LogP contribution in [0.3, 0.4) is 0 Å². The van der Waals surface area contributed by atoms with Gasteiger partial charge in [-0.25, -0.2) is 0 Å². The van der Waals surface area contributed by atoms with Crippen LogP contribution in [0.1, 0.15) is 11.3 Å². The van der Waals surface area contributed by atoms with Crippen LogP contribution >= 0.6 is 15.9 Å². The average molecular weight is 216 g/mol. The van der Waals surface area contributed by atoms with E-state index in [0.29, 0.717) is 0 Å². The second-order valence-corrected chi connectivity index (χ2v) is 3.61. The molecule has 0 unspecified atom stereocenters. The van der Waals surface area contributed by atoms with E-state index in [4.69, 9.17) is 4.74 Å². The van der Waals surface area contributed by atoms with Crippen LogP contribution in [-0.2, 0) is 24.8 Å². The summed E-state index contributed by atoms with van der Waals surface area (Å²) in [7, 11) is 2.08. The summed E-state index contributed by atoms with van der Waals surface area (Å²) in [5, 5.41) is 0. The second kappa shape index (κ2) is 2.64. The van der Waals surface area contributed by atoms with Crippen molar-refractivity contribution in [2.45, 2.75) is 13.0 Å². The van der Waals surface area contributed by atoms with Gasteiger partial charge in [-0.05, 0) is 27.6 Å². The normalized spacial score (nSPS) is 16.5. The molecule has 3 heteroatoms. The Morgan fingerprint density at radius 1 is 1.64 bits per heavy atom. The zero-order valence-corrected chi connectivity index (χ0v) is 8.02. The number of rotatable bonds is 0.